The van der Waals surface area contributed by atoms with Crippen molar-refractivity contribution in [3.63, 3.8) is 0 Å². The average molecular weight is 374 g/mol. The zero-order valence-electron chi connectivity index (χ0n) is 16.6. The van der Waals surface area contributed by atoms with Gasteiger partial charge in [-0.05, 0) is 17.5 Å². The number of piperidine rings is 1. The van der Waals surface area contributed by atoms with Gasteiger partial charge >= 0.3 is 0 Å². The van der Waals surface area contributed by atoms with Gasteiger partial charge in [-0.15, -0.1) is 0 Å². The lowest BCUT2D eigenvalue weighted by molar-refractivity contribution is -0.187. The number of amides is 2. The Morgan fingerprint density at radius 3 is 2.37 bits per heavy atom. The van der Waals surface area contributed by atoms with Gasteiger partial charge < -0.3 is 19.3 Å². The summed E-state index contributed by atoms with van der Waals surface area (Å²) in [6.45, 7) is 8.72. The summed E-state index contributed by atoms with van der Waals surface area (Å²) in [6.07, 6.45) is 1.75. The Labute approximate surface area is 161 Å². The highest BCUT2D eigenvalue weighted by molar-refractivity contribution is 5.93. The molecule has 0 atom stereocenters. The van der Waals surface area contributed by atoms with Gasteiger partial charge in [0.05, 0.1) is 13.2 Å². The van der Waals surface area contributed by atoms with E-state index in [0.717, 1.165) is 11.3 Å². The van der Waals surface area contributed by atoms with Crippen molar-refractivity contribution in [1.82, 2.24) is 4.90 Å². The molecule has 2 aliphatic rings. The SMILES string of the molecule is CC(=O)N(CCC(=O)N1CCC2(CC1)OCCO2)c1ccccc1C(C)C. The zero-order chi connectivity index (χ0) is 19.4. The normalized spacial score (nSPS) is 18.9. The Bertz CT molecular complexity index is 673. The first-order valence-corrected chi connectivity index (χ1v) is 9.84. The molecule has 0 bridgehead atoms. The van der Waals surface area contributed by atoms with E-state index in [-0.39, 0.29) is 11.8 Å². The summed E-state index contributed by atoms with van der Waals surface area (Å²) in [7, 11) is 0. The summed E-state index contributed by atoms with van der Waals surface area (Å²) in [5.74, 6) is -0.126. The molecule has 1 aromatic rings. The molecular weight excluding hydrogens is 344 g/mol. The summed E-state index contributed by atoms with van der Waals surface area (Å²) >= 11 is 0. The second-order valence-electron chi connectivity index (χ2n) is 7.62. The first-order chi connectivity index (χ1) is 12.9. The molecule has 6 heteroatoms. The van der Waals surface area contributed by atoms with Gasteiger partial charge in [-0.2, -0.15) is 0 Å². The summed E-state index contributed by atoms with van der Waals surface area (Å²) in [6, 6.07) is 7.92. The van der Waals surface area contributed by atoms with Crippen molar-refractivity contribution >= 4 is 17.5 Å². The van der Waals surface area contributed by atoms with Crippen LogP contribution in [0.2, 0.25) is 0 Å². The lowest BCUT2D eigenvalue weighted by atomic mass is 10.00. The molecule has 6 nitrogen and oxygen atoms in total. The maximum Gasteiger partial charge on any atom is 0.224 e. The standard InChI is InChI=1S/C21H30N2O4/c1-16(2)18-6-4-5-7-19(18)23(17(3)24)11-8-20(25)22-12-9-21(10-13-22)26-14-15-27-21/h4-7,16H,8-15H2,1-3H3. The third-order valence-corrected chi connectivity index (χ3v) is 5.47. The first-order valence-electron chi connectivity index (χ1n) is 9.84. The van der Waals surface area contributed by atoms with Crippen molar-refractivity contribution in [2.45, 2.75) is 51.7 Å². The monoisotopic (exact) mass is 374 g/mol. The van der Waals surface area contributed by atoms with Crippen molar-refractivity contribution in [1.29, 1.82) is 0 Å². The molecular formula is C21H30N2O4. The molecule has 0 aliphatic carbocycles. The number of carbonyl (C=O) groups is 2. The minimum absolute atomic E-state index is 0.0405. The maximum atomic E-state index is 12.7. The molecule has 2 fully saturated rings. The molecule has 27 heavy (non-hydrogen) atoms. The van der Waals surface area contributed by atoms with Gasteiger partial charge in [-0.25, -0.2) is 0 Å². The zero-order valence-corrected chi connectivity index (χ0v) is 16.6. The second kappa shape index (κ2) is 8.40. The van der Waals surface area contributed by atoms with Crippen LogP contribution in [0.25, 0.3) is 0 Å². The fourth-order valence-electron chi connectivity index (χ4n) is 3.92. The van der Waals surface area contributed by atoms with Gasteiger partial charge in [0.1, 0.15) is 0 Å². The largest absolute Gasteiger partial charge is 0.347 e. The van der Waals surface area contributed by atoms with E-state index in [4.69, 9.17) is 9.47 Å². The van der Waals surface area contributed by atoms with Crippen LogP contribution in [-0.2, 0) is 19.1 Å². The van der Waals surface area contributed by atoms with Crippen LogP contribution in [0.4, 0.5) is 5.69 Å². The van der Waals surface area contributed by atoms with E-state index < -0.39 is 5.79 Å². The van der Waals surface area contributed by atoms with E-state index in [1.807, 2.05) is 29.2 Å². The highest BCUT2D eigenvalue weighted by Crippen LogP contribution is 2.32. The van der Waals surface area contributed by atoms with Crippen LogP contribution < -0.4 is 4.90 Å². The van der Waals surface area contributed by atoms with Crippen molar-refractivity contribution < 1.29 is 19.1 Å². The number of carbonyl (C=O) groups excluding carboxylic acids is 2. The number of likely N-dealkylation sites (tertiary alicyclic amines) is 1. The highest BCUT2D eigenvalue weighted by Gasteiger charge is 2.40. The molecule has 3 rings (SSSR count). The molecule has 2 heterocycles. The Morgan fingerprint density at radius 2 is 1.78 bits per heavy atom. The van der Waals surface area contributed by atoms with Crippen LogP contribution in [0.1, 0.15) is 51.5 Å². The van der Waals surface area contributed by atoms with Gasteiger partial charge in [0.25, 0.3) is 0 Å². The minimum atomic E-state index is -0.474. The van der Waals surface area contributed by atoms with E-state index in [2.05, 4.69) is 13.8 Å². The number of hydrogen-bond donors (Lipinski definition) is 0. The number of benzene rings is 1. The third kappa shape index (κ3) is 4.50. The second-order valence-corrected chi connectivity index (χ2v) is 7.62. The van der Waals surface area contributed by atoms with E-state index in [1.54, 1.807) is 11.8 Å². The Balaban J connectivity index is 1.60. The summed E-state index contributed by atoms with van der Waals surface area (Å²) in [5.41, 5.74) is 2.02. The molecule has 0 saturated carbocycles. The average Bonchev–Trinajstić information content (AvgIpc) is 3.10. The summed E-state index contributed by atoms with van der Waals surface area (Å²) in [5, 5.41) is 0. The van der Waals surface area contributed by atoms with Gasteiger partial charge in [-0.1, -0.05) is 32.0 Å². The number of hydrogen-bond acceptors (Lipinski definition) is 4. The Kier molecular flexibility index (Phi) is 6.17. The smallest absolute Gasteiger partial charge is 0.224 e. The summed E-state index contributed by atoms with van der Waals surface area (Å²) < 4.78 is 11.4. The first kappa shape index (κ1) is 19.8. The van der Waals surface area contributed by atoms with Crippen molar-refractivity contribution in [3.05, 3.63) is 29.8 Å². The predicted molar refractivity (Wildman–Crippen MR) is 104 cm³/mol. The number of anilines is 1. The Morgan fingerprint density at radius 1 is 1.15 bits per heavy atom. The maximum absolute atomic E-state index is 12.7. The molecule has 0 unspecified atom stereocenters. The van der Waals surface area contributed by atoms with Crippen molar-refractivity contribution in [2.75, 3.05) is 37.7 Å². The number of rotatable bonds is 5. The highest BCUT2D eigenvalue weighted by atomic mass is 16.7. The van der Waals surface area contributed by atoms with Gasteiger partial charge in [0.2, 0.25) is 11.8 Å². The predicted octanol–water partition coefficient (Wildman–Crippen LogP) is 2.92. The molecule has 1 aromatic carbocycles. The van der Waals surface area contributed by atoms with Gasteiger partial charge in [0.15, 0.2) is 5.79 Å². The number of nitrogens with zero attached hydrogens (tertiary/aromatic N) is 2. The number of ether oxygens (including phenoxy) is 2. The molecule has 0 radical (unpaired) electrons. The van der Waals surface area contributed by atoms with Crippen LogP contribution in [0, 0.1) is 0 Å². The van der Waals surface area contributed by atoms with Crippen LogP contribution in [0.15, 0.2) is 24.3 Å². The third-order valence-electron chi connectivity index (χ3n) is 5.47. The van der Waals surface area contributed by atoms with Crippen molar-refractivity contribution in [2.24, 2.45) is 0 Å². The molecule has 2 saturated heterocycles. The molecule has 2 amide bonds. The van der Waals surface area contributed by atoms with E-state index >= 15 is 0 Å². The van der Waals surface area contributed by atoms with E-state index in [0.29, 0.717) is 58.0 Å². The van der Waals surface area contributed by atoms with E-state index in [1.165, 1.54) is 0 Å². The molecule has 2 aliphatic heterocycles. The molecule has 1 spiro atoms. The lowest BCUT2D eigenvalue weighted by Crippen LogP contribution is -2.48. The fraction of sp³-hybridized carbons (Fsp3) is 0.619. The van der Waals surface area contributed by atoms with Gasteiger partial charge in [-0.3, -0.25) is 9.59 Å². The van der Waals surface area contributed by atoms with Crippen molar-refractivity contribution in [3.8, 4) is 0 Å². The van der Waals surface area contributed by atoms with Crippen LogP contribution in [0.5, 0.6) is 0 Å². The minimum Gasteiger partial charge on any atom is -0.347 e. The molecule has 0 N–H and O–H groups in total. The van der Waals surface area contributed by atoms with Gasteiger partial charge in [0, 0.05) is 51.5 Å². The van der Waals surface area contributed by atoms with Crippen LogP contribution in [0.3, 0.4) is 0 Å². The number of para-hydroxylation sites is 1. The topological polar surface area (TPSA) is 59.1 Å². The Hall–Kier alpha value is -1.92. The fourth-order valence-corrected chi connectivity index (χ4v) is 3.92. The lowest BCUT2D eigenvalue weighted by Gasteiger charge is -2.37. The van der Waals surface area contributed by atoms with Crippen LogP contribution >= 0.6 is 0 Å². The quantitative estimate of drug-likeness (QED) is 0.795. The summed E-state index contributed by atoms with van der Waals surface area (Å²) in [4.78, 5) is 28.5. The van der Waals surface area contributed by atoms with E-state index in [9.17, 15) is 9.59 Å². The molecule has 0 aromatic heterocycles. The molecule has 148 valence electrons. The van der Waals surface area contributed by atoms with Crippen LogP contribution in [-0.4, -0.2) is 55.3 Å².